The fourth-order valence-corrected chi connectivity index (χ4v) is 2.49. The number of methoxy groups -OCH3 is 1. The Kier molecular flexibility index (Phi) is 3.71. The zero-order chi connectivity index (χ0) is 13.9. The van der Waals surface area contributed by atoms with Gasteiger partial charge in [-0.25, -0.2) is 12.8 Å². The number of ether oxygens (including phenoxy) is 1. The second kappa shape index (κ2) is 5.27. The lowest BCUT2D eigenvalue weighted by molar-refractivity contribution is 0.417. The smallest absolute Gasteiger partial charge is 0.123 e. The van der Waals surface area contributed by atoms with E-state index in [2.05, 4.69) is 4.72 Å². The number of hydrogen-bond acceptors (Lipinski definition) is 3. The molecule has 2 rings (SSSR count). The third-order valence-corrected chi connectivity index (χ3v) is 3.72. The van der Waals surface area contributed by atoms with Gasteiger partial charge in [0, 0.05) is 0 Å². The molecule has 0 radical (unpaired) electrons. The SMILES string of the molecule is COc1ccccc1[N-]S(=O)(=O)c1ccc(F)cc1. The Morgan fingerprint density at radius 3 is 2.32 bits per heavy atom. The average Bonchev–Trinajstić information content (AvgIpc) is 2.39. The molecule has 19 heavy (non-hydrogen) atoms. The molecule has 0 saturated heterocycles. The van der Waals surface area contributed by atoms with Gasteiger partial charge in [0.25, 0.3) is 0 Å². The molecule has 100 valence electrons. The normalized spacial score (nSPS) is 11.1. The van der Waals surface area contributed by atoms with Gasteiger partial charge in [0.1, 0.15) is 21.6 Å². The minimum Gasteiger partial charge on any atom is -0.570 e. The van der Waals surface area contributed by atoms with Crippen LogP contribution in [0.15, 0.2) is 53.4 Å². The van der Waals surface area contributed by atoms with Gasteiger partial charge >= 0.3 is 0 Å². The highest BCUT2D eigenvalue weighted by atomic mass is 32.2. The number of rotatable bonds is 4. The summed E-state index contributed by atoms with van der Waals surface area (Å²) in [6.07, 6.45) is 0. The molecule has 0 aliphatic rings. The molecular weight excluding hydrogens is 269 g/mol. The molecule has 0 amide bonds. The van der Waals surface area contributed by atoms with Crippen LogP contribution in [0.5, 0.6) is 5.75 Å². The molecule has 0 saturated carbocycles. The van der Waals surface area contributed by atoms with Crippen molar-refractivity contribution < 1.29 is 17.5 Å². The van der Waals surface area contributed by atoms with Gasteiger partial charge in [0.2, 0.25) is 0 Å². The monoisotopic (exact) mass is 280 g/mol. The minimum atomic E-state index is -3.88. The van der Waals surface area contributed by atoms with Gasteiger partial charge in [-0.15, -0.1) is 0 Å². The van der Waals surface area contributed by atoms with Crippen LogP contribution in [0.1, 0.15) is 0 Å². The molecule has 2 aromatic rings. The molecule has 4 nitrogen and oxygen atoms in total. The van der Waals surface area contributed by atoms with E-state index in [1.807, 2.05) is 0 Å². The average molecular weight is 280 g/mol. The van der Waals surface area contributed by atoms with Gasteiger partial charge < -0.3 is 9.46 Å². The van der Waals surface area contributed by atoms with Crippen LogP contribution in [-0.2, 0) is 10.0 Å². The predicted molar refractivity (Wildman–Crippen MR) is 69.6 cm³/mol. The summed E-state index contributed by atoms with van der Waals surface area (Å²) in [5.74, 6) is -0.149. The quantitative estimate of drug-likeness (QED) is 0.864. The van der Waals surface area contributed by atoms with Crippen LogP contribution in [0.3, 0.4) is 0 Å². The summed E-state index contributed by atoms with van der Waals surface area (Å²) in [4.78, 5) is -0.0696. The van der Waals surface area contributed by atoms with E-state index in [1.54, 1.807) is 18.2 Å². The van der Waals surface area contributed by atoms with E-state index >= 15 is 0 Å². The van der Waals surface area contributed by atoms with Crippen LogP contribution in [0.2, 0.25) is 0 Å². The highest BCUT2D eigenvalue weighted by Gasteiger charge is 2.06. The number of hydrogen-bond donors (Lipinski definition) is 0. The second-order valence-corrected chi connectivity index (χ2v) is 5.30. The lowest BCUT2D eigenvalue weighted by atomic mass is 10.3. The molecule has 6 heteroatoms. The van der Waals surface area contributed by atoms with E-state index in [-0.39, 0.29) is 10.6 Å². The molecule has 0 bridgehead atoms. The zero-order valence-electron chi connectivity index (χ0n) is 10.1. The third kappa shape index (κ3) is 3.03. The van der Waals surface area contributed by atoms with Crippen molar-refractivity contribution >= 4 is 15.7 Å². The van der Waals surface area contributed by atoms with Crippen molar-refractivity contribution in [3.05, 3.63) is 59.1 Å². The molecule has 0 unspecified atom stereocenters. The number of sulfonamides is 1. The van der Waals surface area contributed by atoms with Crippen LogP contribution >= 0.6 is 0 Å². The molecule has 0 heterocycles. The highest BCUT2D eigenvalue weighted by Crippen LogP contribution is 2.35. The number of para-hydroxylation sites is 1. The molecular formula is C13H11FNO3S-. The summed E-state index contributed by atoms with van der Waals surface area (Å²) < 4.78 is 45.6. The largest absolute Gasteiger partial charge is 0.570 e. The van der Waals surface area contributed by atoms with Crippen molar-refractivity contribution in [1.29, 1.82) is 0 Å². The predicted octanol–water partition coefficient (Wildman–Crippen LogP) is 3.23. The van der Waals surface area contributed by atoms with E-state index in [9.17, 15) is 12.8 Å². The van der Waals surface area contributed by atoms with E-state index < -0.39 is 15.8 Å². The Bertz CT molecular complexity index is 669. The third-order valence-electron chi connectivity index (χ3n) is 2.42. The van der Waals surface area contributed by atoms with Gasteiger partial charge in [0.15, 0.2) is 0 Å². The lowest BCUT2D eigenvalue weighted by Crippen LogP contribution is -1.98. The lowest BCUT2D eigenvalue weighted by Gasteiger charge is -2.24. The first-order valence-electron chi connectivity index (χ1n) is 5.39. The Hall–Kier alpha value is -2.08. The molecule has 0 fully saturated rings. The van der Waals surface area contributed by atoms with Crippen molar-refractivity contribution in [1.82, 2.24) is 0 Å². The molecule has 0 aliphatic heterocycles. The van der Waals surface area contributed by atoms with Crippen molar-refractivity contribution in [2.75, 3.05) is 7.11 Å². The zero-order valence-corrected chi connectivity index (χ0v) is 10.9. The number of nitrogens with zero attached hydrogens (tertiary/aromatic N) is 1. The number of benzene rings is 2. The standard InChI is InChI=1S/C13H11FNO3S/c1-18-13-5-3-2-4-12(13)15-19(16,17)11-8-6-10(14)7-9-11/h2-9H,1H3/q-1. The van der Waals surface area contributed by atoms with Crippen LogP contribution in [-0.4, -0.2) is 15.5 Å². The van der Waals surface area contributed by atoms with Crippen molar-refractivity contribution in [3.63, 3.8) is 0 Å². The first-order valence-corrected chi connectivity index (χ1v) is 6.83. The molecule has 0 atom stereocenters. The fraction of sp³-hybridized carbons (Fsp3) is 0.0769. The maximum absolute atomic E-state index is 12.8. The Labute approximate surface area is 110 Å². The van der Waals surface area contributed by atoms with Crippen LogP contribution in [0.4, 0.5) is 10.1 Å². The summed E-state index contributed by atoms with van der Waals surface area (Å²) in [5, 5.41) is 0. The second-order valence-electron chi connectivity index (χ2n) is 3.69. The van der Waals surface area contributed by atoms with Crippen LogP contribution < -0.4 is 4.74 Å². The topological polar surface area (TPSA) is 57.5 Å². The van der Waals surface area contributed by atoms with Crippen LogP contribution in [0.25, 0.3) is 4.72 Å². The summed E-state index contributed by atoms with van der Waals surface area (Å²) in [6, 6.07) is 11.0. The Morgan fingerprint density at radius 1 is 1.05 bits per heavy atom. The maximum atomic E-state index is 12.8. The van der Waals surface area contributed by atoms with E-state index in [0.29, 0.717) is 5.75 Å². The molecule has 0 aliphatic carbocycles. The fourth-order valence-electron chi connectivity index (χ4n) is 1.49. The number of halogens is 1. The minimum absolute atomic E-state index is 0.0696. The van der Waals surface area contributed by atoms with E-state index in [1.165, 1.54) is 25.3 Å². The first-order chi connectivity index (χ1) is 9.03. The Morgan fingerprint density at radius 2 is 1.68 bits per heavy atom. The maximum Gasteiger partial charge on any atom is 0.123 e. The van der Waals surface area contributed by atoms with E-state index in [4.69, 9.17) is 4.74 Å². The summed E-state index contributed by atoms with van der Waals surface area (Å²) in [7, 11) is -2.45. The van der Waals surface area contributed by atoms with Gasteiger partial charge in [-0.3, -0.25) is 0 Å². The Balaban J connectivity index is 2.34. The van der Waals surface area contributed by atoms with Crippen molar-refractivity contribution in [3.8, 4) is 5.75 Å². The van der Waals surface area contributed by atoms with Gasteiger partial charge in [-0.2, -0.15) is 0 Å². The van der Waals surface area contributed by atoms with Crippen LogP contribution in [0, 0.1) is 5.82 Å². The molecule has 0 spiro atoms. The van der Waals surface area contributed by atoms with Crippen molar-refractivity contribution in [2.24, 2.45) is 0 Å². The summed E-state index contributed by atoms with van der Waals surface area (Å²) in [5.41, 5.74) is 0.203. The van der Waals surface area contributed by atoms with Gasteiger partial charge in [0.05, 0.1) is 12.0 Å². The van der Waals surface area contributed by atoms with Gasteiger partial charge in [-0.05, 0) is 30.3 Å². The summed E-state index contributed by atoms with van der Waals surface area (Å²) in [6.45, 7) is 0. The van der Waals surface area contributed by atoms with Crippen molar-refractivity contribution in [2.45, 2.75) is 4.90 Å². The van der Waals surface area contributed by atoms with Gasteiger partial charge in [-0.1, -0.05) is 23.9 Å². The van der Waals surface area contributed by atoms with E-state index in [0.717, 1.165) is 12.1 Å². The highest BCUT2D eigenvalue weighted by molar-refractivity contribution is 7.94. The molecule has 0 N–H and O–H groups in total. The molecule has 2 aromatic carbocycles. The first kappa shape index (κ1) is 13.4. The summed E-state index contributed by atoms with van der Waals surface area (Å²) >= 11 is 0. The molecule has 0 aromatic heterocycles.